The summed E-state index contributed by atoms with van der Waals surface area (Å²) in [6, 6.07) is 20.8. The quantitative estimate of drug-likeness (QED) is 0.491. The van der Waals surface area contributed by atoms with Crippen molar-refractivity contribution in [2.75, 3.05) is 10.6 Å². The van der Waals surface area contributed by atoms with Gasteiger partial charge >= 0.3 is 0 Å². The number of anilines is 4. The van der Waals surface area contributed by atoms with Crippen LogP contribution < -0.4 is 10.6 Å². The summed E-state index contributed by atoms with van der Waals surface area (Å²) < 4.78 is 31.3. The Kier molecular flexibility index (Phi) is 5.22. The zero-order valence-electron chi connectivity index (χ0n) is 13.8. The van der Waals surface area contributed by atoms with Crippen LogP contribution in [0.5, 0.6) is 0 Å². The molecule has 0 atom stereocenters. The molecule has 26 heavy (non-hydrogen) atoms. The summed E-state index contributed by atoms with van der Waals surface area (Å²) in [6.07, 6.45) is 0. The van der Waals surface area contributed by atoms with E-state index < -0.39 is 10.1 Å². The van der Waals surface area contributed by atoms with Gasteiger partial charge in [-0.15, -0.1) is 0 Å². The van der Waals surface area contributed by atoms with Crippen LogP contribution in [0.4, 0.5) is 22.7 Å². The van der Waals surface area contributed by atoms with Gasteiger partial charge in [0.2, 0.25) is 0 Å². The maximum Gasteiger partial charge on any atom is 0.294 e. The van der Waals surface area contributed by atoms with Gasteiger partial charge < -0.3 is 15.7 Å². The fraction of sp³-hybridized carbons (Fsp3) is 0.0526. The Hall–Kier alpha value is -2.87. The molecule has 0 saturated heterocycles. The van der Waals surface area contributed by atoms with E-state index in [-0.39, 0.29) is 11.5 Å². The molecule has 0 aliphatic heterocycles. The van der Waals surface area contributed by atoms with Gasteiger partial charge in [0.15, 0.2) is 0 Å². The van der Waals surface area contributed by atoms with Crippen molar-refractivity contribution < 1.29 is 18.1 Å². The second-order valence-electron chi connectivity index (χ2n) is 5.61. The lowest BCUT2D eigenvalue weighted by Gasteiger charge is -2.16. The van der Waals surface area contributed by atoms with E-state index in [1.807, 2.05) is 48.5 Å². The van der Waals surface area contributed by atoms with E-state index in [1.165, 1.54) is 12.1 Å². The molecule has 0 aromatic heterocycles. The minimum atomic E-state index is -4.22. The third-order valence-electron chi connectivity index (χ3n) is 3.82. The third-order valence-corrected chi connectivity index (χ3v) is 4.69. The van der Waals surface area contributed by atoms with Crippen LogP contribution in [0.2, 0.25) is 0 Å². The number of para-hydroxylation sites is 1. The van der Waals surface area contributed by atoms with Crippen LogP contribution in [0.25, 0.3) is 0 Å². The van der Waals surface area contributed by atoms with Crippen molar-refractivity contribution in [1.29, 1.82) is 0 Å². The fourth-order valence-corrected chi connectivity index (χ4v) is 3.01. The fourth-order valence-electron chi connectivity index (χ4n) is 2.53. The number of nitrogens with one attached hydrogen (secondary N) is 2. The van der Waals surface area contributed by atoms with Crippen LogP contribution in [0.1, 0.15) is 5.56 Å². The minimum absolute atomic E-state index is 0.176. The van der Waals surface area contributed by atoms with E-state index in [4.69, 9.17) is 4.55 Å². The molecule has 0 radical (unpaired) electrons. The van der Waals surface area contributed by atoms with Crippen molar-refractivity contribution >= 4 is 32.9 Å². The van der Waals surface area contributed by atoms with Crippen molar-refractivity contribution in [2.45, 2.75) is 11.5 Å². The molecule has 0 bridgehead atoms. The first kappa shape index (κ1) is 17.9. The van der Waals surface area contributed by atoms with Crippen LogP contribution in [0, 0.1) is 0 Å². The van der Waals surface area contributed by atoms with Crippen molar-refractivity contribution in [3.05, 3.63) is 78.4 Å². The zero-order chi connectivity index (χ0) is 18.6. The normalized spacial score (nSPS) is 11.2. The summed E-state index contributed by atoms with van der Waals surface area (Å²) in [5.41, 5.74) is 3.65. The smallest absolute Gasteiger partial charge is 0.294 e. The van der Waals surface area contributed by atoms with Gasteiger partial charge in [0.05, 0.1) is 11.5 Å². The Bertz CT molecular complexity index is 988. The first-order chi connectivity index (χ1) is 12.5. The molecule has 0 heterocycles. The molecule has 3 aromatic rings. The lowest BCUT2D eigenvalue weighted by atomic mass is 10.1. The summed E-state index contributed by atoms with van der Waals surface area (Å²) in [7, 11) is -4.22. The van der Waals surface area contributed by atoms with Crippen molar-refractivity contribution in [2.24, 2.45) is 0 Å². The molecule has 3 aromatic carbocycles. The maximum absolute atomic E-state index is 11.1. The number of rotatable bonds is 6. The Morgan fingerprint density at radius 1 is 0.731 bits per heavy atom. The van der Waals surface area contributed by atoms with Crippen molar-refractivity contribution in [3.63, 3.8) is 0 Å². The van der Waals surface area contributed by atoms with E-state index >= 15 is 0 Å². The number of hydrogen-bond donors (Lipinski definition) is 4. The Labute approximate surface area is 151 Å². The molecule has 4 N–H and O–H groups in total. The van der Waals surface area contributed by atoms with Gasteiger partial charge in [0, 0.05) is 28.3 Å². The van der Waals surface area contributed by atoms with Gasteiger partial charge in [-0.25, -0.2) is 0 Å². The van der Waals surface area contributed by atoms with Gasteiger partial charge in [0.25, 0.3) is 10.1 Å². The highest BCUT2D eigenvalue weighted by molar-refractivity contribution is 7.85. The Balaban J connectivity index is 1.87. The first-order valence-corrected chi connectivity index (χ1v) is 9.31. The summed E-state index contributed by atoms with van der Waals surface area (Å²) in [5, 5.41) is 16.2. The molecule has 0 spiro atoms. The molecule has 3 rings (SSSR count). The standard InChI is InChI=1S/C19H18N2O4S/c22-13-17-18(20-14-5-2-1-3-6-14)7-4-8-19(17)21-15-9-11-16(12-10-15)26(23,24)25/h1-12,20-22H,13H2,(H,23,24,25). The monoisotopic (exact) mass is 370 g/mol. The topological polar surface area (TPSA) is 98.7 Å². The lowest BCUT2D eigenvalue weighted by molar-refractivity contribution is 0.283. The average Bonchev–Trinajstić information content (AvgIpc) is 2.63. The minimum Gasteiger partial charge on any atom is -0.392 e. The molecular formula is C19H18N2O4S. The van der Waals surface area contributed by atoms with Gasteiger partial charge in [-0.3, -0.25) is 4.55 Å². The summed E-state index contributed by atoms with van der Waals surface area (Å²) in [5.74, 6) is 0. The van der Waals surface area contributed by atoms with Gasteiger partial charge in [-0.1, -0.05) is 24.3 Å². The Morgan fingerprint density at radius 2 is 1.27 bits per heavy atom. The summed E-state index contributed by atoms with van der Waals surface area (Å²) >= 11 is 0. The molecule has 0 saturated carbocycles. The van der Waals surface area contributed by atoms with Crippen LogP contribution >= 0.6 is 0 Å². The van der Waals surface area contributed by atoms with E-state index in [0.717, 1.165) is 11.4 Å². The average molecular weight is 370 g/mol. The van der Waals surface area contributed by atoms with Crippen LogP contribution in [-0.4, -0.2) is 18.1 Å². The highest BCUT2D eigenvalue weighted by atomic mass is 32.2. The SMILES string of the molecule is O=S(=O)(O)c1ccc(Nc2cccc(Nc3ccccc3)c2CO)cc1. The van der Waals surface area contributed by atoms with E-state index in [1.54, 1.807) is 12.1 Å². The Morgan fingerprint density at radius 3 is 1.77 bits per heavy atom. The molecule has 0 amide bonds. The van der Waals surface area contributed by atoms with Crippen LogP contribution in [-0.2, 0) is 16.7 Å². The molecule has 0 aliphatic carbocycles. The zero-order valence-corrected chi connectivity index (χ0v) is 14.6. The summed E-state index contributed by atoms with van der Waals surface area (Å²) in [6.45, 7) is -0.179. The lowest BCUT2D eigenvalue weighted by Crippen LogP contribution is -2.02. The predicted molar refractivity (Wildman–Crippen MR) is 102 cm³/mol. The molecular weight excluding hydrogens is 352 g/mol. The molecule has 6 nitrogen and oxygen atoms in total. The van der Waals surface area contributed by atoms with E-state index in [9.17, 15) is 13.5 Å². The van der Waals surface area contributed by atoms with Crippen molar-refractivity contribution in [1.82, 2.24) is 0 Å². The second-order valence-corrected chi connectivity index (χ2v) is 7.03. The van der Waals surface area contributed by atoms with Crippen LogP contribution in [0.15, 0.2) is 77.7 Å². The second kappa shape index (κ2) is 7.57. The number of hydrogen-bond acceptors (Lipinski definition) is 5. The van der Waals surface area contributed by atoms with Crippen molar-refractivity contribution in [3.8, 4) is 0 Å². The largest absolute Gasteiger partial charge is 0.392 e. The third kappa shape index (κ3) is 4.20. The van der Waals surface area contributed by atoms with E-state index in [0.29, 0.717) is 16.9 Å². The van der Waals surface area contributed by atoms with Gasteiger partial charge in [-0.2, -0.15) is 8.42 Å². The molecule has 0 fully saturated rings. The number of aliphatic hydroxyl groups excluding tert-OH is 1. The van der Waals surface area contributed by atoms with E-state index in [2.05, 4.69) is 10.6 Å². The van der Waals surface area contributed by atoms with Gasteiger partial charge in [-0.05, 0) is 48.5 Å². The highest BCUT2D eigenvalue weighted by Crippen LogP contribution is 2.30. The molecule has 0 unspecified atom stereocenters. The number of benzene rings is 3. The highest BCUT2D eigenvalue weighted by Gasteiger charge is 2.11. The van der Waals surface area contributed by atoms with Crippen LogP contribution in [0.3, 0.4) is 0 Å². The predicted octanol–water partition coefficient (Wildman–Crippen LogP) is 3.91. The molecule has 0 aliphatic rings. The molecule has 134 valence electrons. The maximum atomic E-state index is 11.1. The first-order valence-electron chi connectivity index (χ1n) is 7.87. The molecule has 7 heteroatoms. The summed E-state index contributed by atoms with van der Waals surface area (Å²) in [4.78, 5) is -0.176. The van der Waals surface area contributed by atoms with Gasteiger partial charge in [0.1, 0.15) is 0 Å². The number of aliphatic hydroxyl groups is 1.